The Labute approximate surface area is 122 Å². The lowest BCUT2D eigenvalue weighted by Crippen LogP contribution is -2.24. The number of carbonyl (C=O) groups excluding carboxylic acids is 3. The molecule has 0 radical (unpaired) electrons. The van der Waals surface area contributed by atoms with E-state index >= 15 is 0 Å². The molecule has 0 aromatic heterocycles. The summed E-state index contributed by atoms with van der Waals surface area (Å²) < 4.78 is 0. The molecule has 5 heteroatoms. The average Bonchev–Trinajstić information content (AvgIpc) is 2.73. The standard InChI is InChI=1S/C16H16N2O3/c1-18-15(20)12-8-7-11(9-13(12)16(18)21)17-14(19)10-5-3-2-4-6-10/h2-3,7-10H,4-6H2,1H3,(H,17,19)/t10-/m0/s1. The fourth-order valence-corrected chi connectivity index (χ4v) is 2.72. The largest absolute Gasteiger partial charge is 0.326 e. The highest BCUT2D eigenvalue weighted by atomic mass is 16.2. The fraction of sp³-hybridized carbons (Fsp3) is 0.312. The summed E-state index contributed by atoms with van der Waals surface area (Å²) in [7, 11) is 1.46. The number of hydrogen-bond acceptors (Lipinski definition) is 3. The van der Waals surface area contributed by atoms with Crippen molar-refractivity contribution in [1.82, 2.24) is 4.90 Å². The van der Waals surface area contributed by atoms with Crippen molar-refractivity contribution in [3.8, 4) is 0 Å². The zero-order valence-electron chi connectivity index (χ0n) is 11.8. The summed E-state index contributed by atoms with van der Waals surface area (Å²) in [5.74, 6) is -0.690. The van der Waals surface area contributed by atoms with Crippen LogP contribution in [0.15, 0.2) is 30.4 Å². The Kier molecular flexibility index (Phi) is 3.33. The molecule has 0 saturated heterocycles. The maximum atomic E-state index is 12.2. The molecule has 0 fully saturated rings. The normalized spacial score (nSPS) is 20.6. The molecule has 0 spiro atoms. The van der Waals surface area contributed by atoms with E-state index in [2.05, 4.69) is 11.4 Å². The smallest absolute Gasteiger partial charge is 0.261 e. The van der Waals surface area contributed by atoms with Gasteiger partial charge in [-0.25, -0.2) is 0 Å². The SMILES string of the molecule is CN1C(=O)c2ccc(NC(=O)[C@H]3CC=CCC3)cc2C1=O. The van der Waals surface area contributed by atoms with Crippen LogP contribution in [0, 0.1) is 5.92 Å². The quantitative estimate of drug-likeness (QED) is 0.669. The van der Waals surface area contributed by atoms with E-state index in [9.17, 15) is 14.4 Å². The Balaban J connectivity index is 1.79. The molecule has 1 aliphatic heterocycles. The first-order chi connectivity index (χ1) is 10.1. The summed E-state index contributed by atoms with van der Waals surface area (Å²) in [6.07, 6.45) is 6.61. The first-order valence-electron chi connectivity index (χ1n) is 7.00. The predicted octanol–water partition coefficient (Wildman–Crippen LogP) is 2.21. The van der Waals surface area contributed by atoms with Gasteiger partial charge in [-0.15, -0.1) is 0 Å². The minimum atomic E-state index is -0.327. The van der Waals surface area contributed by atoms with E-state index in [1.165, 1.54) is 7.05 Å². The van der Waals surface area contributed by atoms with E-state index in [1.54, 1.807) is 18.2 Å². The second kappa shape index (κ2) is 5.16. The highest BCUT2D eigenvalue weighted by molar-refractivity contribution is 6.21. The Hall–Kier alpha value is -2.43. The molecular weight excluding hydrogens is 268 g/mol. The van der Waals surface area contributed by atoms with Crippen LogP contribution in [0.4, 0.5) is 5.69 Å². The summed E-state index contributed by atoms with van der Waals surface area (Å²) in [6, 6.07) is 4.84. The van der Waals surface area contributed by atoms with Crippen molar-refractivity contribution in [2.45, 2.75) is 19.3 Å². The zero-order valence-corrected chi connectivity index (χ0v) is 11.8. The molecule has 1 aliphatic carbocycles. The van der Waals surface area contributed by atoms with Gasteiger partial charge in [0, 0.05) is 18.7 Å². The van der Waals surface area contributed by atoms with Crippen LogP contribution >= 0.6 is 0 Å². The van der Waals surface area contributed by atoms with Gasteiger partial charge >= 0.3 is 0 Å². The number of allylic oxidation sites excluding steroid dienone is 2. The second-order valence-corrected chi connectivity index (χ2v) is 5.40. The molecule has 0 bridgehead atoms. The van der Waals surface area contributed by atoms with Crippen molar-refractivity contribution in [2.24, 2.45) is 5.92 Å². The Bertz CT molecular complexity index is 663. The number of carbonyl (C=O) groups is 3. The molecule has 21 heavy (non-hydrogen) atoms. The zero-order chi connectivity index (χ0) is 15.0. The number of benzene rings is 1. The van der Waals surface area contributed by atoms with E-state index in [0.717, 1.165) is 24.2 Å². The molecule has 1 aromatic rings. The van der Waals surface area contributed by atoms with E-state index in [-0.39, 0.29) is 23.6 Å². The third kappa shape index (κ3) is 2.35. The number of anilines is 1. The Morgan fingerprint density at radius 2 is 1.95 bits per heavy atom. The van der Waals surface area contributed by atoms with Gasteiger partial charge in [-0.3, -0.25) is 19.3 Å². The molecule has 0 unspecified atom stereocenters. The van der Waals surface area contributed by atoms with Crippen LogP contribution in [0.2, 0.25) is 0 Å². The fourth-order valence-electron chi connectivity index (χ4n) is 2.72. The van der Waals surface area contributed by atoms with Gasteiger partial charge in [0.2, 0.25) is 5.91 Å². The number of rotatable bonds is 2. The molecule has 108 valence electrons. The lowest BCUT2D eigenvalue weighted by molar-refractivity contribution is -0.120. The van der Waals surface area contributed by atoms with Gasteiger partial charge < -0.3 is 5.32 Å². The maximum absolute atomic E-state index is 12.2. The van der Waals surface area contributed by atoms with Crippen LogP contribution in [0.25, 0.3) is 0 Å². The van der Waals surface area contributed by atoms with E-state index in [1.807, 2.05) is 6.08 Å². The molecule has 1 atom stereocenters. The second-order valence-electron chi connectivity index (χ2n) is 5.40. The van der Waals surface area contributed by atoms with Gasteiger partial charge in [0.25, 0.3) is 11.8 Å². The topological polar surface area (TPSA) is 66.5 Å². The number of imide groups is 1. The number of nitrogens with zero attached hydrogens (tertiary/aromatic N) is 1. The number of nitrogens with one attached hydrogen (secondary N) is 1. The Morgan fingerprint density at radius 3 is 2.67 bits per heavy atom. The summed E-state index contributed by atoms with van der Waals surface area (Å²) in [5.41, 5.74) is 1.30. The van der Waals surface area contributed by atoms with Gasteiger partial charge in [-0.1, -0.05) is 12.2 Å². The number of fused-ring (bicyclic) bond motifs is 1. The van der Waals surface area contributed by atoms with Crippen LogP contribution in [0.5, 0.6) is 0 Å². The first-order valence-corrected chi connectivity index (χ1v) is 7.00. The van der Waals surface area contributed by atoms with Gasteiger partial charge in [-0.2, -0.15) is 0 Å². The van der Waals surface area contributed by atoms with Gasteiger partial charge in [0.1, 0.15) is 0 Å². The van der Waals surface area contributed by atoms with E-state index in [4.69, 9.17) is 0 Å². The van der Waals surface area contributed by atoms with Crippen molar-refractivity contribution in [1.29, 1.82) is 0 Å². The third-order valence-corrected chi connectivity index (χ3v) is 4.00. The lowest BCUT2D eigenvalue weighted by atomic mass is 9.93. The van der Waals surface area contributed by atoms with Crippen molar-refractivity contribution in [3.05, 3.63) is 41.5 Å². The predicted molar refractivity (Wildman–Crippen MR) is 78.0 cm³/mol. The van der Waals surface area contributed by atoms with Crippen LogP contribution in [-0.4, -0.2) is 29.7 Å². The molecule has 1 heterocycles. The van der Waals surface area contributed by atoms with E-state index < -0.39 is 0 Å². The van der Waals surface area contributed by atoms with Crippen LogP contribution in [0.1, 0.15) is 40.0 Å². The van der Waals surface area contributed by atoms with Crippen LogP contribution in [0.3, 0.4) is 0 Å². The summed E-state index contributed by atoms with van der Waals surface area (Å²) in [5, 5.41) is 2.84. The lowest BCUT2D eigenvalue weighted by Gasteiger charge is -2.17. The Morgan fingerprint density at radius 1 is 1.19 bits per heavy atom. The van der Waals surface area contributed by atoms with Crippen LogP contribution < -0.4 is 5.32 Å². The monoisotopic (exact) mass is 284 g/mol. The molecule has 2 aliphatic rings. The molecule has 3 amide bonds. The molecule has 1 N–H and O–H groups in total. The minimum absolute atomic E-state index is 0.0248. The highest BCUT2D eigenvalue weighted by Crippen LogP contribution is 2.26. The van der Waals surface area contributed by atoms with Gasteiger partial charge in [0.05, 0.1) is 11.1 Å². The number of hydrogen-bond donors (Lipinski definition) is 1. The molecule has 5 nitrogen and oxygen atoms in total. The van der Waals surface area contributed by atoms with Crippen molar-refractivity contribution >= 4 is 23.4 Å². The van der Waals surface area contributed by atoms with Crippen molar-refractivity contribution in [3.63, 3.8) is 0 Å². The molecule has 0 saturated carbocycles. The molecule has 1 aromatic carbocycles. The molecule has 3 rings (SSSR count). The van der Waals surface area contributed by atoms with Crippen molar-refractivity contribution < 1.29 is 14.4 Å². The summed E-state index contributed by atoms with van der Waals surface area (Å²) in [4.78, 5) is 37.0. The summed E-state index contributed by atoms with van der Waals surface area (Å²) in [6.45, 7) is 0. The highest BCUT2D eigenvalue weighted by Gasteiger charge is 2.32. The molecular formula is C16H16N2O3. The first kappa shape index (κ1) is 13.5. The van der Waals surface area contributed by atoms with Crippen LogP contribution in [-0.2, 0) is 4.79 Å². The third-order valence-electron chi connectivity index (χ3n) is 4.00. The van der Waals surface area contributed by atoms with Gasteiger partial charge in [0.15, 0.2) is 0 Å². The van der Waals surface area contributed by atoms with Gasteiger partial charge in [-0.05, 0) is 37.5 Å². The van der Waals surface area contributed by atoms with Crippen molar-refractivity contribution in [2.75, 3.05) is 12.4 Å². The summed E-state index contributed by atoms with van der Waals surface area (Å²) >= 11 is 0. The minimum Gasteiger partial charge on any atom is -0.326 e. The maximum Gasteiger partial charge on any atom is 0.261 e. The average molecular weight is 284 g/mol. The number of amides is 3. The van der Waals surface area contributed by atoms with E-state index in [0.29, 0.717) is 16.8 Å².